The Balaban J connectivity index is 1.65. The molecule has 1 N–H and O–H groups in total. The SMILES string of the molecule is O=C(O)CCOc1ccc(/C=C2/SC(=S)N(N3CCOCC3)C2=O)cc1. The Morgan fingerprint density at radius 1 is 1.31 bits per heavy atom. The zero-order valence-corrected chi connectivity index (χ0v) is 15.6. The van der Waals surface area contributed by atoms with Crippen molar-refractivity contribution >= 4 is 46.3 Å². The first-order valence-electron chi connectivity index (χ1n) is 8.10. The van der Waals surface area contributed by atoms with E-state index in [1.165, 1.54) is 11.8 Å². The lowest BCUT2D eigenvalue weighted by Crippen LogP contribution is -2.50. The van der Waals surface area contributed by atoms with Crippen molar-refractivity contribution in [1.29, 1.82) is 0 Å². The maximum absolute atomic E-state index is 12.7. The van der Waals surface area contributed by atoms with Crippen LogP contribution in [0.2, 0.25) is 0 Å². The van der Waals surface area contributed by atoms with Gasteiger partial charge >= 0.3 is 5.97 Å². The lowest BCUT2D eigenvalue weighted by molar-refractivity contribution is -0.138. The number of hydrogen-bond donors (Lipinski definition) is 1. The molecule has 2 aliphatic heterocycles. The van der Waals surface area contributed by atoms with Gasteiger partial charge in [-0.05, 0) is 23.8 Å². The van der Waals surface area contributed by atoms with Gasteiger partial charge in [0.2, 0.25) is 0 Å². The number of hydrogen-bond acceptors (Lipinski definition) is 7. The highest BCUT2D eigenvalue weighted by molar-refractivity contribution is 8.26. The summed E-state index contributed by atoms with van der Waals surface area (Å²) in [6, 6.07) is 7.13. The van der Waals surface area contributed by atoms with Gasteiger partial charge in [-0.1, -0.05) is 36.1 Å². The molecule has 1 amide bonds. The third-order valence-electron chi connectivity index (χ3n) is 3.81. The molecule has 138 valence electrons. The molecular weight excluding hydrogens is 376 g/mol. The van der Waals surface area contributed by atoms with Gasteiger partial charge < -0.3 is 14.6 Å². The van der Waals surface area contributed by atoms with Gasteiger partial charge in [-0.25, -0.2) is 10.0 Å². The van der Waals surface area contributed by atoms with Crippen molar-refractivity contribution in [2.45, 2.75) is 6.42 Å². The Hall–Kier alpha value is -1.94. The number of nitrogens with zero attached hydrogens (tertiary/aromatic N) is 2. The molecule has 0 saturated carbocycles. The van der Waals surface area contributed by atoms with E-state index in [2.05, 4.69) is 0 Å². The van der Waals surface area contributed by atoms with Crippen molar-refractivity contribution < 1.29 is 24.2 Å². The molecule has 7 nitrogen and oxygen atoms in total. The Labute approximate surface area is 160 Å². The van der Waals surface area contributed by atoms with Crippen LogP contribution >= 0.6 is 24.0 Å². The minimum atomic E-state index is -0.899. The van der Waals surface area contributed by atoms with Crippen LogP contribution in [-0.4, -0.2) is 64.2 Å². The normalized spacial score (nSPS) is 20.0. The second-order valence-electron chi connectivity index (χ2n) is 5.62. The molecule has 0 spiro atoms. The highest BCUT2D eigenvalue weighted by Gasteiger charge is 2.36. The number of hydrazine groups is 1. The van der Waals surface area contributed by atoms with Gasteiger partial charge in [0, 0.05) is 13.1 Å². The van der Waals surface area contributed by atoms with Gasteiger partial charge in [0.1, 0.15) is 5.75 Å². The van der Waals surface area contributed by atoms with E-state index in [-0.39, 0.29) is 18.9 Å². The molecule has 1 aromatic rings. The van der Waals surface area contributed by atoms with Crippen LogP contribution in [-0.2, 0) is 14.3 Å². The van der Waals surface area contributed by atoms with Crippen molar-refractivity contribution in [3.05, 3.63) is 34.7 Å². The van der Waals surface area contributed by atoms with E-state index in [1.807, 2.05) is 17.1 Å². The number of benzene rings is 1. The molecule has 0 unspecified atom stereocenters. The summed E-state index contributed by atoms with van der Waals surface area (Å²) >= 11 is 6.64. The number of thioether (sulfide) groups is 1. The molecule has 2 saturated heterocycles. The van der Waals surface area contributed by atoms with E-state index in [0.717, 1.165) is 5.56 Å². The van der Waals surface area contributed by atoms with Crippen LogP contribution in [0.4, 0.5) is 0 Å². The summed E-state index contributed by atoms with van der Waals surface area (Å²) in [6.07, 6.45) is 1.74. The summed E-state index contributed by atoms with van der Waals surface area (Å²) in [6.45, 7) is 2.57. The number of carboxylic acid groups (broad SMARTS) is 1. The van der Waals surface area contributed by atoms with E-state index in [1.54, 1.807) is 23.2 Å². The number of ether oxygens (including phenoxy) is 2. The molecule has 3 rings (SSSR count). The van der Waals surface area contributed by atoms with Crippen molar-refractivity contribution in [1.82, 2.24) is 10.0 Å². The first-order valence-corrected chi connectivity index (χ1v) is 9.32. The number of rotatable bonds is 6. The maximum atomic E-state index is 12.7. The van der Waals surface area contributed by atoms with Crippen LogP contribution in [0.3, 0.4) is 0 Å². The average molecular weight is 394 g/mol. The Morgan fingerprint density at radius 2 is 2.00 bits per heavy atom. The lowest BCUT2D eigenvalue weighted by Gasteiger charge is -2.33. The molecule has 0 aliphatic carbocycles. The predicted octanol–water partition coefficient (Wildman–Crippen LogP) is 1.99. The average Bonchev–Trinajstić information content (AvgIpc) is 2.90. The predicted molar refractivity (Wildman–Crippen MR) is 102 cm³/mol. The minimum absolute atomic E-state index is 0.0498. The lowest BCUT2D eigenvalue weighted by atomic mass is 10.2. The summed E-state index contributed by atoms with van der Waals surface area (Å²) < 4.78 is 11.2. The molecule has 9 heteroatoms. The van der Waals surface area contributed by atoms with Crippen LogP contribution in [0.1, 0.15) is 12.0 Å². The van der Waals surface area contributed by atoms with Crippen LogP contribution in [0, 0.1) is 0 Å². The van der Waals surface area contributed by atoms with Crippen LogP contribution in [0.5, 0.6) is 5.75 Å². The van der Waals surface area contributed by atoms with Gasteiger partial charge in [-0.15, -0.1) is 0 Å². The molecule has 0 bridgehead atoms. The van der Waals surface area contributed by atoms with Crippen molar-refractivity contribution in [3.63, 3.8) is 0 Å². The van der Waals surface area contributed by atoms with E-state index in [0.29, 0.717) is 41.3 Å². The molecule has 0 radical (unpaired) electrons. The number of carboxylic acids is 1. The smallest absolute Gasteiger partial charge is 0.306 e. The number of amides is 1. The highest BCUT2D eigenvalue weighted by Crippen LogP contribution is 2.34. The largest absolute Gasteiger partial charge is 0.493 e. The molecule has 2 heterocycles. The molecular formula is C17H18N2O5S2. The molecule has 2 fully saturated rings. The van der Waals surface area contributed by atoms with Crippen molar-refractivity contribution in [3.8, 4) is 5.75 Å². The van der Waals surface area contributed by atoms with E-state index in [4.69, 9.17) is 26.8 Å². The summed E-state index contributed by atoms with van der Waals surface area (Å²) in [5.41, 5.74) is 0.845. The minimum Gasteiger partial charge on any atom is -0.493 e. The molecule has 1 aromatic carbocycles. The van der Waals surface area contributed by atoms with Gasteiger partial charge in [-0.2, -0.15) is 0 Å². The Morgan fingerprint density at radius 3 is 2.65 bits per heavy atom. The highest BCUT2D eigenvalue weighted by atomic mass is 32.2. The second-order valence-corrected chi connectivity index (χ2v) is 7.30. The summed E-state index contributed by atoms with van der Waals surface area (Å²) in [5.74, 6) is -0.433. The molecule has 0 atom stereocenters. The third kappa shape index (κ3) is 4.61. The third-order valence-corrected chi connectivity index (χ3v) is 5.09. The fourth-order valence-electron chi connectivity index (χ4n) is 2.52. The number of aliphatic carboxylic acids is 1. The number of morpholine rings is 1. The van der Waals surface area contributed by atoms with E-state index in [9.17, 15) is 9.59 Å². The Bertz CT molecular complexity index is 729. The van der Waals surface area contributed by atoms with E-state index >= 15 is 0 Å². The number of carbonyl (C=O) groups excluding carboxylic acids is 1. The van der Waals surface area contributed by atoms with Gasteiger partial charge in [0.25, 0.3) is 5.91 Å². The van der Waals surface area contributed by atoms with Gasteiger partial charge in [-0.3, -0.25) is 9.59 Å². The topological polar surface area (TPSA) is 79.3 Å². The van der Waals surface area contributed by atoms with Crippen molar-refractivity contribution in [2.75, 3.05) is 32.9 Å². The quantitative estimate of drug-likeness (QED) is 0.580. The van der Waals surface area contributed by atoms with E-state index < -0.39 is 5.97 Å². The summed E-state index contributed by atoms with van der Waals surface area (Å²) in [7, 11) is 0. The fraction of sp³-hybridized carbons (Fsp3) is 0.353. The molecule has 0 aromatic heterocycles. The zero-order valence-electron chi connectivity index (χ0n) is 13.9. The van der Waals surface area contributed by atoms with Crippen LogP contribution < -0.4 is 4.74 Å². The number of carbonyl (C=O) groups is 2. The summed E-state index contributed by atoms with van der Waals surface area (Å²) in [5, 5.41) is 12.1. The zero-order chi connectivity index (χ0) is 18.5. The standard InChI is InChI=1S/C17H18N2O5S2/c20-15(21)5-8-24-13-3-1-12(2-4-13)11-14-16(22)19(17(25)26-14)18-6-9-23-10-7-18/h1-4,11H,5-10H2,(H,20,21)/b14-11+. The number of thiocarbonyl (C=S) groups is 1. The summed E-state index contributed by atoms with van der Waals surface area (Å²) in [4.78, 5) is 23.7. The van der Waals surface area contributed by atoms with Gasteiger partial charge in [0.15, 0.2) is 4.32 Å². The fourth-order valence-corrected chi connectivity index (χ4v) is 3.83. The van der Waals surface area contributed by atoms with Crippen molar-refractivity contribution in [2.24, 2.45) is 0 Å². The first-order chi connectivity index (χ1) is 12.5. The monoisotopic (exact) mass is 394 g/mol. The van der Waals surface area contributed by atoms with Crippen LogP contribution in [0.25, 0.3) is 6.08 Å². The van der Waals surface area contributed by atoms with Crippen LogP contribution in [0.15, 0.2) is 29.2 Å². The van der Waals surface area contributed by atoms with Gasteiger partial charge in [0.05, 0.1) is 31.1 Å². The molecule has 26 heavy (non-hydrogen) atoms. The second kappa shape index (κ2) is 8.63. The molecule has 2 aliphatic rings. The first kappa shape index (κ1) is 18.8. The maximum Gasteiger partial charge on any atom is 0.306 e. The Kier molecular flexibility index (Phi) is 6.25.